The van der Waals surface area contributed by atoms with E-state index in [-0.39, 0.29) is 28.9 Å². The summed E-state index contributed by atoms with van der Waals surface area (Å²) in [5, 5.41) is 2.21. The van der Waals surface area contributed by atoms with Crippen LogP contribution in [0.4, 0.5) is 4.39 Å². The lowest BCUT2D eigenvalue weighted by atomic mass is 9.93. The van der Waals surface area contributed by atoms with E-state index in [2.05, 4.69) is 45.0 Å². The smallest absolute Gasteiger partial charge is 0.306 e. The quantitative estimate of drug-likeness (QED) is 0.553. The largest absolute Gasteiger partial charge is 0.462 e. The SMILES string of the molecule is CC(C)(C)[Si](OCC1C(F)CC2OC(=O)CC21)(c1ccccc1)c1ccccc1. The lowest BCUT2D eigenvalue weighted by Gasteiger charge is -2.44. The van der Waals surface area contributed by atoms with Gasteiger partial charge in [-0.05, 0) is 15.4 Å². The Morgan fingerprint density at radius 3 is 2.10 bits per heavy atom. The Morgan fingerprint density at radius 2 is 1.59 bits per heavy atom. The predicted molar refractivity (Wildman–Crippen MR) is 115 cm³/mol. The standard InChI is InChI=1S/C24H29FO3Si/c1-24(2,3)29(17-10-6-4-7-11-17,18-12-8-5-9-13-18)27-16-20-19-14-23(26)28-22(19)15-21(20)25/h4-13,19-22H,14-16H2,1-3H3. The number of benzene rings is 2. The van der Waals surface area contributed by atoms with Crippen molar-refractivity contribution in [3.8, 4) is 0 Å². The van der Waals surface area contributed by atoms with Gasteiger partial charge >= 0.3 is 5.97 Å². The highest BCUT2D eigenvalue weighted by Gasteiger charge is 2.54. The number of alkyl halides is 1. The van der Waals surface area contributed by atoms with Gasteiger partial charge in [0.2, 0.25) is 0 Å². The first-order chi connectivity index (χ1) is 13.8. The summed E-state index contributed by atoms with van der Waals surface area (Å²) in [6.45, 7) is 6.95. The molecule has 0 radical (unpaired) electrons. The van der Waals surface area contributed by atoms with E-state index < -0.39 is 14.5 Å². The van der Waals surface area contributed by atoms with Crippen molar-refractivity contribution in [3.63, 3.8) is 0 Å². The van der Waals surface area contributed by atoms with Crippen LogP contribution >= 0.6 is 0 Å². The summed E-state index contributed by atoms with van der Waals surface area (Å²) in [6, 6.07) is 20.7. The summed E-state index contributed by atoms with van der Waals surface area (Å²) in [5.41, 5.74) is 0. The molecule has 0 aromatic heterocycles. The number of carbonyl (C=O) groups is 1. The summed E-state index contributed by atoms with van der Waals surface area (Å²) >= 11 is 0. The minimum atomic E-state index is -2.70. The van der Waals surface area contributed by atoms with Gasteiger partial charge in [0.15, 0.2) is 0 Å². The van der Waals surface area contributed by atoms with Crippen LogP contribution in [-0.4, -0.2) is 33.2 Å². The molecule has 29 heavy (non-hydrogen) atoms. The molecule has 1 aliphatic carbocycles. The fourth-order valence-electron chi connectivity index (χ4n) is 5.15. The van der Waals surface area contributed by atoms with Crippen molar-refractivity contribution in [3.05, 3.63) is 60.7 Å². The summed E-state index contributed by atoms with van der Waals surface area (Å²) in [4.78, 5) is 11.7. The van der Waals surface area contributed by atoms with Gasteiger partial charge in [-0.15, -0.1) is 0 Å². The second-order valence-electron chi connectivity index (χ2n) is 9.29. The van der Waals surface area contributed by atoms with Crippen molar-refractivity contribution in [2.45, 2.75) is 50.9 Å². The number of rotatable bonds is 5. The lowest BCUT2D eigenvalue weighted by molar-refractivity contribution is -0.141. The molecule has 1 saturated carbocycles. The van der Waals surface area contributed by atoms with Crippen LogP contribution in [0.25, 0.3) is 0 Å². The van der Waals surface area contributed by atoms with Crippen molar-refractivity contribution in [2.24, 2.45) is 11.8 Å². The molecule has 1 heterocycles. The Balaban J connectivity index is 1.72. The van der Waals surface area contributed by atoms with Crippen LogP contribution in [0.1, 0.15) is 33.6 Å². The third-order valence-corrected chi connectivity index (χ3v) is 11.5. The minimum absolute atomic E-state index is 0.0734. The molecule has 4 rings (SSSR count). The van der Waals surface area contributed by atoms with Crippen molar-refractivity contribution < 1.29 is 18.3 Å². The van der Waals surface area contributed by atoms with Crippen LogP contribution in [-0.2, 0) is 14.0 Å². The molecule has 3 nitrogen and oxygen atoms in total. The van der Waals surface area contributed by atoms with Crippen molar-refractivity contribution in [1.29, 1.82) is 0 Å². The predicted octanol–water partition coefficient (Wildman–Crippen LogP) is 3.85. The van der Waals surface area contributed by atoms with E-state index >= 15 is 0 Å². The highest BCUT2D eigenvalue weighted by molar-refractivity contribution is 6.99. The Bertz CT molecular complexity index is 810. The highest BCUT2D eigenvalue weighted by Crippen LogP contribution is 2.44. The molecule has 1 saturated heterocycles. The molecule has 154 valence electrons. The average molecular weight is 413 g/mol. The Kier molecular flexibility index (Phi) is 5.38. The number of ether oxygens (including phenoxy) is 1. The van der Waals surface area contributed by atoms with E-state index in [4.69, 9.17) is 9.16 Å². The Hall–Kier alpha value is -1.98. The molecule has 5 heteroatoms. The van der Waals surface area contributed by atoms with Crippen LogP contribution in [0.2, 0.25) is 5.04 Å². The van der Waals surface area contributed by atoms with E-state index in [9.17, 15) is 9.18 Å². The second-order valence-corrected chi connectivity index (χ2v) is 13.6. The van der Waals surface area contributed by atoms with Gasteiger partial charge < -0.3 is 9.16 Å². The summed E-state index contributed by atoms with van der Waals surface area (Å²) in [6.07, 6.45) is -0.674. The van der Waals surface area contributed by atoms with Gasteiger partial charge in [0.05, 0.1) is 6.42 Å². The number of fused-ring (bicyclic) bond motifs is 1. The molecule has 0 spiro atoms. The first kappa shape index (κ1) is 20.3. The molecule has 2 aliphatic rings. The average Bonchev–Trinajstić information content (AvgIpc) is 3.18. The third-order valence-electron chi connectivity index (χ3n) is 6.54. The summed E-state index contributed by atoms with van der Waals surface area (Å²) in [7, 11) is -2.70. The summed E-state index contributed by atoms with van der Waals surface area (Å²) in [5.74, 6) is -0.578. The van der Waals surface area contributed by atoms with Crippen LogP contribution in [0.5, 0.6) is 0 Å². The zero-order valence-electron chi connectivity index (χ0n) is 17.3. The van der Waals surface area contributed by atoms with Crippen LogP contribution < -0.4 is 10.4 Å². The molecule has 4 unspecified atom stereocenters. The number of carbonyl (C=O) groups excluding carboxylic acids is 1. The van der Waals surface area contributed by atoms with E-state index in [0.29, 0.717) is 19.4 Å². The first-order valence-electron chi connectivity index (χ1n) is 10.4. The number of hydrogen-bond acceptors (Lipinski definition) is 3. The maximum Gasteiger partial charge on any atom is 0.306 e. The second kappa shape index (κ2) is 7.69. The molecule has 2 aromatic rings. The molecule has 0 bridgehead atoms. The molecule has 1 aliphatic heterocycles. The molecule has 2 fully saturated rings. The number of esters is 1. The minimum Gasteiger partial charge on any atom is -0.462 e. The maximum absolute atomic E-state index is 14.9. The fraction of sp³-hybridized carbons (Fsp3) is 0.458. The summed E-state index contributed by atoms with van der Waals surface area (Å²) < 4.78 is 27.1. The topological polar surface area (TPSA) is 35.5 Å². The third kappa shape index (κ3) is 3.55. The molecule has 4 atom stereocenters. The zero-order valence-corrected chi connectivity index (χ0v) is 18.3. The van der Waals surface area contributed by atoms with Gasteiger partial charge in [-0.2, -0.15) is 0 Å². The maximum atomic E-state index is 14.9. The van der Waals surface area contributed by atoms with Crippen molar-refractivity contribution >= 4 is 24.7 Å². The van der Waals surface area contributed by atoms with Gasteiger partial charge in [0, 0.05) is 24.9 Å². The zero-order chi connectivity index (χ0) is 20.6. The molecule has 0 N–H and O–H groups in total. The van der Waals surface area contributed by atoms with Gasteiger partial charge in [-0.3, -0.25) is 4.79 Å². The highest BCUT2D eigenvalue weighted by atomic mass is 28.4. The Labute approximate surface area is 173 Å². The lowest BCUT2D eigenvalue weighted by Crippen LogP contribution is -2.67. The van der Waals surface area contributed by atoms with E-state index in [1.807, 2.05) is 36.4 Å². The fourth-order valence-corrected chi connectivity index (χ4v) is 9.75. The van der Waals surface area contributed by atoms with Gasteiger partial charge in [-0.1, -0.05) is 81.4 Å². The van der Waals surface area contributed by atoms with Gasteiger partial charge in [0.1, 0.15) is 12.3 Å². The van der Waals surface area contributed by atoms with E-state index in [1.54, 1.807) is 0 Å². The van der Waals surface area contributed by atoms with Crippen molar-refractivity contribution in [1.82, 2.24) is 0 Å². The van der Waals surface area contributed by atoms with Crippen LogP contribution in [0.3, 0.4) is 0 Å². The molecular weight excluding hydrogens is 383 g/mol. The molecule has 2 aromatic carbocycles. The molecule has 0 amide bonds. The van der Waals surface area contributed by atoms with E-state index in [1.165, 1.54) is 10.4 Å². The number of halogens is 1. The van der Waals surface area contributed by atoms with Crippen LogP contribution in [0.15, 0.2) is 60.7 Å². The Morgan fingerprint density at radius 1 is 1.03 bits per heavy atom. The van der Waals surface area contributed by atoms with Gasteiger partial charge in [-0.25, -0.2) is 4.39 Å². The first-order valence-corrected chi connectivity index (χ1v) is 12.3. The molecular formula is C24H29FO3Si. The monoisotopic (exact) mass is 412 g/mol. The van der Waals surface area contributed by atoms with Crippen molar-refractivity contribution in [2.75, 3.05) is 6.61 Å². The van der Waals surface area contributed by atoms with Crippen LogP contribution in [0, 0.1) is 11.8 Å². The normalized spacial score (nSPS) is 27.0. The van der Waals surface area contributed by atoms with Gasteiger partial charge in [0.25, 0.3) is 8.32 Å². The van der Waals surface area contributed by atoms with E-state index in [0.717, 1.165) is 0 Å². The number of hydrogen-bond donors (Lipinski definition) is 0.